The molecule has 1 aromatic heterocycles. The molecule has 0 bridgehead atoms. The first-order valence-corrected chi connectivity index (χ1v) is 5.32. The number of hydrogen-bond acceptors (Lipinski definition) is 1. The standard InChI is InChI=1S/C12H13ClN2/c1-8-3-4-10(9(2)7-8)12(13)11-5-6-14-15-11/h3-7,12H,1-2H3,(H,14,15). The average molecular weight is 221 g/mol. The molecule has 3 heteroatoms. The summed E-state index contributed by atoms with van der Waals surface area (Å²) in [4.78, 5) is 0. The third-order valence-corrected chi connectivity index (χ3v) is 2.96. The molecular formula is C12H13ClN2. The number of aromatic nitrogens is 2. The summed E-state index contributed by atoms with van der Waals surface area (Å²) in [6, 6.07) is 8.19. The van der Waals surface area contributed by atoms with Gasteiger partial charge in [0, 0.05) is 6.20 Å². The van der Waals surface area contributed by atoms with Crippen molar-refractivity contribution in [3.05, 3.63) is 52.8 Å². The Morgan fingerprint density at radius 1 is 1.27 bits per heavy atom. The van der Waals surface area contributed by atoms with Crippen molar-refractivity contribution >= 4 is 11.6 Å². The Kier molecular flexibility index (Phi) is 2.78. The smallest absolute Gasteiger partial charge is 0.100 e. The van der Waals surface area contributed by atoms with E-state index in [9.17, 15) is 0 Å². The third-order valence-electron chi connectivity index (χ3n) is 2.49. The zero-order chi connectivity index (χ0) is 10.8. The maximum atomic E-state index is 6.36. The highest BCUT2D eigenvalue weighted by atomic mass is 35.5. The number of alkyl halides is 1. The third kappa shape index (κ3) is 2.05. The monoisotopic (exact) mass is 220 g/mol. The molecule has 0 radical (unpaired) electrons. The first-order valence-electron chi connectivity index (χ1n) is 4.89. The van der Waals surface area contributed by atoms with Crippen LogP contribution in [0.25, 0.3) is 0 Å². The summed E-state index contributed by atoms with van der Waals surface area (Å²) in [6.07, 6.45) is 1.72. The molecule has 0 saturated heterocycles. The van der Waals surface area contributed by atoms with Crippen LogP contribution in [0.2, 0.25) is 0 Å². The fraction of sp³-hybridized carbons (Fsp3) is 0.250. The molecule has 1 aromatic carbocycles. The molecular weight excluding hydrogens is 208 g/mol. The molecule has 2 rings (SSSR count). The van der Waals surface area contributed by atoms with Crippen LogP contribution in [0.15, 0.2) is 30.5 Å². The molecule has 0 spiro atoms. The number of aromatic amines is 1. The number of hydrogen-bond donors (Lipinski definition) is 1. The van der Waals surface area contributed by atoms with Gasteiger partial charge in [-0.25, -0.2) is 0 Å². The van der Waals surface area contributed by atoms with E-state index in [1.54, 1.807) is 6.20 Å². The van der Waals surface area contributed by atoms with E-state index >= 15 is 0 Å². The van der Waals surface area contributed by atoms with Crippen LogP contribution >= 0.6 is 11.6 Å². The minimum atomic E-state index is -0.145. The van der Waals surface area contributed by atoms with E-state index in [2.05, 4.69) is 42.2 Å². The molecule has 1 N–H and O–H groups in total. The molecule has 0 saturated carbocycles. The first kappa shape index (κ1) is 10.2. The topological polar surface area (TPSA) is 28.7 Å². The summed E-state index contributed by atoms with van der Waals surface area (Å²) in [7, 11) is 0. The van der Waals surface area contributed by atoms with Crippen LogP contribution in [0.1, 0.15) is 27.8 Å². The molecule has 0 aliphatic carbocycles. The summed E-state index contributed by atoms with van der Waals surface area (Å²) in [6.45, 7) is 4.16. The van der Waals surface area contributed by atoms with Crippen molar-refractivity contribution < 1.29 is 0 Å². The van der Waals surface area contributed by atoms with Crippen molar-refractivity contribution in [2.24, 2.45) is 0 Å². The Morgan fingerprint density at radius 2 is 2.07 bits per heavy atom. The van der Waals surface area contributed by atoms with Gasteiger partial charge in [-0.3, -0.25) is 5.10 Å². The Balaban J connectivity index is 2.38. The molecule has 2 aromatic rings. The second kappa shape index (κ2) is 4.07. The zero-order valence-corrected chi connectivity index (χ0v) is 9.55. The van der Waals surface area contributed by atoms with Crippen LogP contribution in [0.5, 0.6) is 0 Å². The Labute approximate surface area is 94.3 Å². The van der Waals surface area contributed by atoms with Crippen LogP contribution in [-0.2, 0) is 0 Å². The van der Waals surface area contributed by atoms with E-state index in [0.29, 0.717) is 0 Å². The van der Waals surface area contributed by atoms with Crippen molar-refractivity contribution in [2.45, 2.75) is 19.2 Å². The summed E-state index contributed by atoms with van der Waals surface area (Å²) < 4.78 is 0. The van der Waals surface area contributed by atoms with Crippen LogP contribution < -0.4 is 0 Å². The zero-order valence-electron chi connectivity index (χ0n) is 8.79. The maximum Gasteiger partial charge on any atom is 0.100 e. The lowest BCUT2D eigenvalue weighted by atomic mass is 10.0. The number of halogens is 1. The van der Waals surface area contributed by atoms with E-state index in [4.69, 9.17) is 11.6 Å². The van der Waals surface area contributed by atoms with Gasteiger partial charge in [-0.2, -0.15) is 5.10 Å². The van der Waals surface area contributed by atoms with Crippen LogP contribution in [0.3, 0.4) is 0 Å². The van der Waals surface area contributed by atoms with Gasteiger partial charge in [-0.05, 0) is 31.0 Å². The van der Waals surface area contributed by atoms with Crippen LogP contribution in [0.4, 0.5) is 0 Å². The Hall–Kier alpha value is -1.28. The number of H-pyrrole nitrogens is 1. The minimum absolute atomic E-state index is 0.145. The normalized spacial score (nSPS) is 12.7. The van der Waals surface area contributed by atoms with Crippen molar-refractivity contribution in [2.75, 3.05) is 0 Å². The minimum Gasteiger partial charge on any atom is -0.281 e. The Morgan fingerprint density at radius 3 is 2.67 bits per heavy atom. The molecule has 78 valence electrons. The molecule has 1 atom stereocenters. The fourth-order valence-electron chi connectivity index (χ4n) is 1.69. The van der Waals surface area contributed by atoms with Crippen LogP contribution in [-0.4, -0.2) is 10.2 Å². The lowest BCUT2D eigenvalue weighted by molar-refractivity contribution is 0.969. The quantitative estimate of drug-likeness (QED) is 0.773. The van der Waals surface area contributed by atoms with Gasteiger partial charge in [0.1, 0.15) is 5.38 Å². The fourth-order valence-corrected chi connectivity index (χ4v) is 2.05. The predicted molar refractivity (Wildman–Crippen MR) is 62.2 cm³/mol. The van der Waals surface area contributed by atoms with Gasteiger partial charge >= 0.3 is 0 Å². The molecule has 0 aliphatic heterocycles. The molecule has 1 heterocycles. The molecule has 0 aliphatic rings. The second-order valence-corrected chi connectivity index (χ2v) is 4.17. The summed E-state index contributed by atoms with van der Waals surface area (Å²) in [5.41, 5.74) is 4.53. The van der Waals surface area contributed by atoms with Crippen molar-refractivity contribution in [1.82, 2.24) is 10.2 Å². The number of aryl methyl sites for hydroxylation is 2. The molecule has 0 fully saturated rings. The van der Waals surface area contributed by atoms with E-state index in [0.717, 1.165) is 11.3 Å². The molecule has 0 amide bonds. The highest BCUT2D eigenvalue weighted by Crippen LogP contribution is 2.29. The highest BCUT2D eigenvalue weighted by molar-refractivity contribution is 6.22. The molecule has 1 unspecified atom stereocenters. The van der Waals surface area contributed by atoms with E-state index in [1.807, 2.05) is 6.07 Å². The lowest BCUT2D eigenvalue weighted by Crippen LogP contribution is -1.97. The maximum absolute atomic E-state index is 6.36. The van der Waals surface area contributed by atoms with Gasteiger partial charge in [0.05, 0.1) is 5.69 Å². The summed E-state index contributed by atoms with van der Waals surface area (Å²) >= 11 is 6.36. The van der Waals surface area contributed by atoms with Gasteiger partial charge in [-0.15, -0.1) is 11.6 Å². The van der Waals surface area contributed by atoms with Gasteiger partial charge in [-0.1, -0.05) is 23.8 Å². The van der Waals surface area contributed by atoms with Crippen molar-refractivity contribution in [1.29, 1.82) is 0 Å². The van der Waals surface area contributed by atoms with Gasteiger partial charge < -0.3 is 0 Å². The predicted octanol–water partition coefficient (Wildman–Crippen LogP) is 3.35. The van der Waals surface area contributed by atoms with E-state index < -0.39 is 0 Å². The largest absolute Gasteiger partial charge is 0.281 e. The average Bonchev–Trinajstić information content (AvgIpc) is 2.69. The highest BCUT2D eigenvalue weighted by Gasteiger charge is 2.13. The molecule has 2 nitrogen and oxygen atoms in total. The summed E-state index contributed by atoms with van der Waals surface area (Å²) in [5, 5.41) is 6.66. The first-order chi connectivity index (χ1) is 7.18. The number of rotatable bonds is 2. The second-order valence-electron chi connectivity index (χ2n) is 3.73. The van der Waals surface area contributed by atoms with E-state index in [1.165, 1.54) is 11.1 Å². The number of nitrogens with one attached hydrogen (secondary N) is 1. The van der Waals surface area contributed by atoms with E-state index in [-0.39, 0.29) is 5.38 Å². The lowest BCUT2D eigenvalue weighted by Gasteiger charge is -2.11. The van der Waals surface area contributed by atoms with Crippen molar-refractivity contribution in [3.63, 3.8) is 0 Å². The van der Waals surface area contributed by atoms with Gasteiger partial charge in [0.2, 0.25) is 0 Å². The van der Waals surface area contributed by atoms with Crippen molar-refractivity contribution in [3.8, 4) is 0 Å². The number of nitrogens with zero attached hydrogens (tertiary/aromatic N) is 1. The van der Waals surface area contributed by atoms with Crippen LogP contribution in [0, 0.1) is 13.8 Å². The Bertz CT molecular complexity index is 449. The summed E-state index contributed by atoms with van der Waals surface area (Å²) in [5.74, 6) is 0. The SMILES string of the molecule is Cc1ccc(C(Cl)c2ccn[nH]2)c(C)c1. The molecule has 15 heavy (non-hydrogen) atoms. The number of benzene rings is 1. The van der Waals surface area contributed by atoms with Gasteiger partial charge in [0.25, 0.3) is 0 Å². The van der Waals surface area contributed by atoms with Gasteiger partial charge in [0.15, 0.2) is 0 Å².